The van der Waals surface area contributed by atoms with Gasteiger partial charge in [0.1, 0.15) is 0 Å². The highest BCUT2D eigenvalue weighted by Crippen LogP contribution is 2.28. The minimum atomic E-state index is -0.0335. The predicted octanol–water partition coefficient (Wildman–Crippen LogP) is 2.07. The van der Waals surface area contributed by atoms with E-state index in [1.807, 2.05) is 0 Å². The second-order valence-electron chi connectivity index (χ2n) is 4.01. The maximum Gasteiger partial charge on any atom is 0.0804 e. The van der Waals surface area contributed by atoms with Crippen LogP contribution in [0.3, 0.4) is 0 Å². The highest BCUT2D eigenvalue weighted by molar-refractivity contribution is 4.88. The highest BCUT2D eigenvalue weighted by atomic mass is 16.5. The molecule has 1 heterocycles. The first-order chi connectivity index (χ1) is 5.69. The van der Waals surface area contributed by atoms with Gasteiger partial charge in [0.2, 0.25) is 0 Å². The Morgan fingerprint density at radius 2 is 2.25 bits per heavy atom. The molecule has 72 valence electrons. The molecule has 1 aliphatic rings. The Bertz CT molecular complexity index is 130. The molecule has 1 rings (SSSR count). The smallest absolute Gasteiger partial charge is 0.0804 e. The van der Waals surface area contributed by atoms with Gasteiger partial charge < -0.3 is 10.5 Å². The van der Waals surface area contributed by atoms with Gasteiger partial charge >= 0.3 is 0 Å². The van der Waals surface area contributed by atoms with Gasteiger partial charge in [0.05, 0.1) is 5.60 Å². The number of rotatable bonds is 3. The van der Waals surface area contributed by atoms with Crippen LogP contribution in [0.1, 0.15) is 46.0 Å². The molecule has 0 spiro atoms. The second kappa shape index (κ2) is 4.24. The molecule has 2 nitrogen and oxygen atoms in total. The summed E-state index contributed by atoms with van der Waals surface area (Å²) in [7, 11) is 0. The normalized spacial score (nSPS) is 33.2. The minimum Gasteiger partial charge on any atom is -0.374 e. The summed E-state index contributed by atoms with van der Waals surface area (Å²) in [6, 6.07) is 0.225. The van der Waals surface area contributed by atoms with Gasteiger partial charge in [-0.1, -0.05) is 13.3 Å². The van der Waals surface area contributed by atoms with E-state index in [4.69, 9.17) is 10.5 Å². The molecule has 0 radical (unpaired) electrons. The Hall–Kier alpha value is -0.0800. The average Bonchev–Trinajstić information content (AvgIpc) is 2.06. The summed E-state index contributed by atoms with van der Waals surface area (Å²) in [5, 5.41) is 0. The van der Waals surface area contributed by atoms with Gasteiger partial charge in [0.25, 0.3) is 0 Å². The fraction of sp³-hybridized carbons (Fsp3) is 1.00. The largest absolute Gasteiger partial charge is 0.374 e. The van der Waals surface area contributed by atoms with E-state index in [1.54, 1.807) is 0 Å². The molecular weight excluding hydrogens is 150 g/mol. The number of ether oxygens (including phenoxy) is 1. The Morgan fingerprint density at radius 1 is 1.50 bits per heavy atom. The summed E-state index contributed by atoms with van der Waals surface area (Å²) in [4.78, 5) is 0. The van der Waals surface area contributed by atoms with Crippen LogP contribution in [0.25, 0.3) is 0 Å². The Labute approximate surface area is 75.5 Å². The Kier molecular flexibility index (Phi) is 3.53. The van der Waals surface area contributed by atoms with Crippen LogP contribution in [-0.2, 0) is 4.74 Å². The van der Waals surface area contributed by atoms with E-state index in [1.165, 1.54) is 12.8 Å². The van der Waals surface area contributed by atoms with Crippen molar-refractivity contribution in [3.05, 3.63) is 0 Å². The van der Waals surface area contributed by atoms with Crippen molar-refractivity contribution in [2.24, 2.45) is 5.73 Å². The summed E-state index contributed by atoms with van der Waals surface area (Å²) in [6.45, 7) is 5.23. The second-order valence-corrected chi connectivity index (χ2v) is 4.01. The molecule has 1 unspecified atom stereocenters. The van der Waals surface area contributed by atoms with Gasteiger partial charge in [0, 0.05) is 12.6 Å². The highest BCUT2D eigenvalue weighted by Gasteiger charge is 2.33. The van der Waals surface area contributed by atoms with E-state index in [2.05, 4.69) is 13.8 Å². The van der Waals surface area contributed by atoms with Crippen LogP contribution in [0.15, 0.2) is 0 Å². The summed E-state index contributed by atoms with van der Waals surface area (Å²) in [6.07, 6.45) is 5.84. The third-order valence-electron chi connectivity index (χ3n) is 2.88. The lowest BCUT2D eigenvalue weighted by atomic mass is 9.86. The molecule has 0 bridgehead atoms. The summed E-state index contributed by atoms with van der Waals surface area (Å²) in [5.41, 5.74) is 6.03. The molecule has 0 saturated carbocycles. The fourth-order valence-electron chi connectivity index (χ4n) is 1.86. The molecule has 1 aliphatic heterocycles. The van der Waals surface area contributed by atoms with Crippen LogP contribution < -0.4 is 5.73 Å². The lowest BCUT2D eigenvalue weighted by Gasteiger charge is -2.38. The number of nitrogens with two attached hydrogens (primary N) is 1. The van der Waals surface area contributed by atoms with Crippen molar-refractivity contribution in [2.45, 2.75) is 57.6 Å². The van der Waals surface area contributed by atoms with Gasteiger partial charge in [-0.05, 0) is 32.6 Å². The maximum absolute atomic E-state index is 6.07. The number of hydrogen-bond acceptors (Lipinski definition) is 2. The monoisotopic (exact) mass is 171 g/mol. The zero-order chi connectivity index (χ0) is 9.03. The molecule has 2 heteroatoms. The Balaban J connectivity index is 2.44. The van der Waals surface area contributed by atoms with E-state index >= 15 is 0 Å². The van der Waals surface area contributed by atoms with Crippen LogP contribution in [0.4, 0.5) is 0 Å². The van der Waals surface area contributed by atoms with Crippen molar-refractivity contribution in [3.8, 4) is 0 Å². The van der Waals surface area contributed by atoms with E-state index in [0.29, 0.717) is 0 Å². The zero-order valence-electron chi connectivity index (χ0n) is 8.31. The lowest BCUT2D eigenvalue weighted by Crippen LogP contribution is -2.49. The van der Waals surface area contributed by atoms with Crippen LogP contribution in [0.2, 0.25) is 0 Å². The van der Waals surface area contributed by atoms with Crippen LogP contribution in [0.5, 0.6) is 0 Å². The van der Waals surface area contributed by atoms with E-state index < -0.39 is 0 Å². The van der Waals surface area contributed by atoms with Gasteiger partial charge in [-0.2, -0.15) is 0 Å². The zero-order valence-corrected chi connectivity index (χ0v) is 8.31. The quantitative estimate of drug-likeness (QED) is 0.705. The SMILES string of the molecule is CCC[C@H](N)C1(C)CCCCO1. The molecule has 1 fully saturated rings. The number of hydrogen-bond donors (Lipinski definition) is 1. The van der Waals surface area contributed by atoms with Gasteiger partial charge in [-0.25, -0.2) is 0 Å². The first kappa shape index (κ1) is 10.0. The molecule has 1 saturated heterocycles. The Morgan fingerprint density at radius 3 is 2.75 bits per heavy atom. The third kappa shape index (κ3) is 2.20. The first-order valence-corrected chi connectivity index (χ1v) is 5.08. The summed E-state index contributed by atoms with van der Waals surface area (Å²) < 4.78 is 5.75. The lowest BCUT2D eigenvalue weighted by molar-refractivity contribution is -0.0824. The van der Waals surface area contributed by atoms with E-state index in [9.17, 15) is 0 Å². The van der Waals surface area contributed by atoms with Gasteiger partial charge in [0.15, 0.2) is 0 Å². The first-order valence-electron chi connectivity index (χ1n) is 5.08. The molecule has 0 aromatic carbocycles. The molecular formula is C10H21NO. The molecule has 0 amide bonds. The van der Waals surface area contributed by atoms with Crippen LogP contribution in [-0.4, -0.2) is 18.2 Å². The molecule has 2 atom stereocenters. The predicted molar refractivity (Wildman–Crippen MR) is 51.1 cm³/mol. The minimum absolute atomic E-state index is 0.0335. The van der Waals surface area contributed by atoms with E-state index in [-0.39, 0.29) is 11.6 Å². The molecule has 0 aromatic rings. The van der Waals surface area contributed by atoms with Crippen LogP contribution in [0, 0.1) is 0 Å². The maximum atomic E-state index is 6.07. The van der Waals surface area contributed by atoms with E-state index in [0.717, 1.165) is 25.9 Å². The summed E-state index contributed by atoms with van der Waals surface area (Å²) in [5.74, 6) is 0. The summed E-state index contributed by atoms with van der Waals surface area (Å²) >= 11 is 0. The van der Waals surface area contributed by atoms with Gasteiger partial charge in [-0.3, -0.25) is 0 Å². The van der Waals surface area contributed by atoms with Gasteiger partial charge in [-0.15, -0.1) is 0 Å². The van der Waals surface area contributed by atoms with Crippen molar-refractivity contribution < 1.29 is 4.74 Å². The molecule has 0 aromatic heterocycles. The molecule has 12 heavy (non-hydrogen) atoms. The standard InChI is InChI=1S/C10H21NO/c1-3-6-9(11)10(2)7-4-5-8-12-10/h9H,3-8,11H2,1-2H3/t9-,10?/m0/s1. The van der Waals surface area contributed by atoms with Crippen molar-refractivity contribution in [2.75, 3.05) is 6.61 Å². The van der Waals surface area contributed by atoms with Crippen molar-refractivity contribution >= 4 is 0 Å². The van der Waals surface area contributed by atoms with Crippen LogP contribution >= 0.6 is 0 Å². The fourth-order valence-corrected chi connectivity index (χ4v) is 1.86. The van der Waals surface area contributed by atoms with Crippen molar-refractivity contribution in [1.29, 1.82) is 0 Å². The average molecular weight is 171 g/mol. The third-order valence-corrected chi connectivity index (χ3v) is 2.88. The topological polar surface area (TPSA) is 35.2 Å². The van der Waals surface area contributed by atoms with Crippen molar-refractivity contribution in [3.63, 3.8) is 0 Å². The molecule has 0 aliphatic carbocycles. The molecule has 2 N–H and O–H groups in total. The van der Waals surface area contributed by atoms with Crippen molar-refractivity contribution in [1.82, 2.24) is 0 Å².